The number of ether oxygens (including phenoxy) is 1. The molecule has 8 heteroatoms. The predicted octanol–water partition coefficient (Wildman–Crippen LogP) is 4.44. The highest BCUT2D eigenvalue weighted by molar-refractivity contribution is 6.03. The topological polar surface area (TPSA) is 91.0 Å². The number of unbranched alkanes of at least 4 members (excludes halogenated alkanes) is 5. The summed E-state index contributed by atoms with van der Waals surface area (Å²) in [5.74, 6) is 6.78. The normalized spacial score (nSPS) is 17.3. The molecule has 2 heterocycles. The van der Waals surface area contributed by atoms with E-state index in [1.807, 2.05) is 55.8 Å². The molecule has 2 N–H and O–H groups in total. The van der Waals surface area contributed by atoms with Crippen LogP contribution in [0.25, 0.3) is 0 Å². The summed E-state index contributed by atoms with van der Waals surface area (Å²) in [7, 11) is 1.93. The van der Waals surface area contributed by atoms with Crippen molar-refractivity contribution in [2.24, 2.45) is 0 Å². The number of carbonyl (C=O) groups is 3. The van der Waals surface area contributed by atoms with Crippen LogP contribution in [0.15, 0.2) is 30.6 Å². The largest absolute Gasteiger partial charge is 0.444 e. The molecule has 3 rings (SSSR count). The van der Waals surface area contributed by atoms with Gasteiger partial charge in [-0.05, 0) is 52.2 Å². The fourth-order valence-corrected chi connectivity index (χ4v) is 4.42. The number of fused-ring (bicyclic) bond motifs is 1. The van der Waals surface area contributed by atoms with Crippen molar-refractivity contribution in [2.45, 2.75) is 83.8 Å². The number of nitrogens with one attached hydrogen (secondary N) is 2. The lowest BCUT2D eigenvalue weighted by Crippen LogP contribution is -2.52. The number of hydrogen-bond acceptors (Lipinski definition) is 6. The van der Waals surface area contributed by atoms with Crippen LogP contribution in [0.1, 0.15) is 77.7 Å². The van der Waals surface area contributed by atoms with E-state index in [0.29, 0.717) is 25.2 Å². The van der Waals surface area contributed by atoms with E-state index >= 15 is 0 Å². The maximum atomic E-state index is 12.5. The number of anilines is 2. The van der Waals surface area contributed by atoms with Crippen molar-refractivity contribution in [1.29, 1.82) is 0 Å². The molecule has 1 saturated heterocycles. The Morgan fingerprint density at radius 2 is 1.92 bits per heavy atom. The fraction of sp³-hybridized carbons (Fsp3) is 0.536. The van der Waals surface area contributed by atoms with E-state index in [-0.39, 0.29) is 17.9 Å². The third-order valence-corrected chi connectivity index (χ3v) is 6.17. The van der Waals surface area contributed by atoms with Gasteiger partial charge in [0.05, 0.1) is 16.9 Å². The second-order valence-electron chi connectivity index (χ2n) is 10.2. The zero-order valence-corrected chi connectivity index (χ0v) is 21.9. The van der Waals surface area contributed by atoms with Crippen LogP contribution in [0.4, 0.5) is 16.2 Å². The van der Waals surface area contributed by atoms with Crippen molar-refractivity contribution in [3.8, 4) is 11.8 Å². The molecule has 1 aromatic rings. The van der Waals surface area contributed by atoms with E-state index in [9.17, 15) is 14.4 Å². The summed E-state index contributed by atoms with van der Waals surface area (Å²) in [6, 6.07) is 5.44. The molecular weight excluding hydrogens is 456 g/mol. The number of carbonyl (C=O) groups excluding carboxylic acids is 3. The van der Waals surface area contributed by atoms with E-state index in [1.165, 1.54) is 0 Å². The van der Waals surface area contributed by atoms with E-state index in [2.05, 4.69) is 29.1 Å². The monoisotopic (exact) mass is 494 g/mol. The maximum absolute atomic E-state index is 12.5. The molecule has 36 heavy (non-hydrogen) atoms. The van der Waals surface area contributed by atoms with Crippen LogP contribution in [-0.2, 0) is 14.3 Å². The van der Waals surface area contributed by atoms with Gasteiger partial charge in [0.25, 0.3) is 0 Å². The van der Waals surface area contributed by atoms with Crippen LogP contribution in [-0.4, -0.2) is 43.1 Å². The lowest BCUT2D eigenvalue weighted by molar-refractivity contribution is -0.134. The number of alkyl carbamates (subject to hydrolysis) is 1. The minimum atomic E-state index is -0.471. The van der Waals surface area contributed by atoms with Crippen molar-refractivity contribution in [3.05, 3.63) is 36.2 Å². The molecule has 194 valence electrons. The Morgan fingerprint density at radius 1 is 1.19 bits per heavy atom. The number of para-hydroxylation sites is 1. The molecule has 2 aliphatic heterocycles. The minimum Gasteiger partial charge on any atom is -0.444 e. The molecule has 0 saturated carbocycles. The van der Waals surface area contributed by atoms with Gasteiger partial charge in [-0.3, -0.25) is 14.9 Å². The smallest absolute Gasteiger partial charge is 0.407 e. The number of amides is 3. The lowest BCUT2D eigenvalue weighted by atomic mass is 10.0. The average molecular weight is 495 g/mol. The molecule has 0 spiro atoms. The Kier molecular flexibility index (Phi) is 9.03. The third kappa shape index (κ3) is 7.03. The zero-order valence-electron chi connectivity index (χ0n) is 21.9. The number of imide groups is 1. The molecule has 1 atom stereocenters. The van der Waals surface area contributed by atoms with Gasteiger partial charge in [0, 0.05) is 26.4 Å². The summed E-state index contributed by atoms with van der Waals surface area (Å²) < 4.78 is 5.23. The highest BCUT2D eigenvalue weighted by Crippen LogP contribution is 2.44. The van der Waals surface area contributed by atoms with Gasteiger partial charge in [0.15, 0.2) is 0 Å². The molecule has 1 unspecified atom stereocenters. The standard InChI is InChI=1S/C28H38N4O4/c1-20-31(5)25-21(15-13-16-22(25)32(20)23-17-18-24(33)30-26(23)34)14-11-9-7-6-8-10-12-19-29-27(35)36-28(2,3)4/h13,15-16,23H,1,6-10,12,17-19H2,2-5H3,(H,29,35)(H,30,33,34). The summed E-state index contributed by atoms with van der Waals surface area (Å²) in [5.41, 5.74) is 2.27. The molecule has 0 bridgehead atoms. The van der Waals surface area contributed by atoms with Gasteiger partial charge in [0.1, 0.15) is 17.5 Å². The highest BCUT2D eigenvalue weighted by Gasteiger charge is 2.39. The molecule has 8 nitrogen and oxygen atoms in total. The van der Waals surface area contributed by atoms with Gasteiger partial charge in [-0.25, -0.2) is 4.79 Å². The number of rotatable bonds is 8. The van der Waals surface area contributed by atoms with Crippen LogP contribution in [0, 0.1) is 11.8 Å². The second kappa shape index (κ2) is 12.0. The first-order valence-corrected chi connectivity index (χ1v) is 12.7. The van der Waals surface area contributed by atoms with Gasteiger partial charge in [-0.1, -0.05) is 43.7 Å². The highest BCUT2D eigenvalue weighted by atomic mass is 16.6. The summed E-state index contributed by atoms with van der Waals surface area (Å²) in [6.07, 6.45) is 6.42. The van der Waals surface area contributed by atoms with Gasteiger partial charge in [-0.15, -0.1) is 0 Å². The summed E-state index contributed by atoms with van der Waals surface area (Å²) in [5, 5.41) is 5.23. The third-order valence-electron chi connectivity index (χ3n) is 6.17. The Bertz CT molecular complexity index is 1060. The minimum absolute atomic E-state index is 0.230. The van der Waals surface area contributed by atoms with Crippen LogP contribution in [0.2, 0.25) is 0 Å². The molecule has 1 fully saturated rings. The Morgan fingerprint density at radius 3 is 2.64 bits per heavy atom. The molecule has 0 radical (unpaired) electrons. The Hall–Kier alpha value is -3.47. The first-order chi connectivity index (χ1) is 17.1. The van der Waals surface area contributed by atoms with Gasteiger partial charge in [0.2, 0.25) is 11.8 Å². The zero-order chi connectivity index (χ0) is 26.3. The van der Waals surface area contributed by atoms with E-state index < -0.39 is 11.6 Å². The number of hydrogen-bond donors (Lipinski definition) is 2. The average Bonchev–Trinajstić information content (AvgIpc) is 3.05. The van der Waals surface area contributed by atoms with Crippen LogP contribution >= 0.6 is 0 Å². The molecule has 0 aliphatic carbocycles. The maximum Gasteiger partial charge on any atom is 0.407 e. The number of piperidine rings is 1. The summed E-state index contributed by atoms with van der Waals surface area (Å²) in [6.45, 7) is 10.4. The first-order valence-electron chi connectivity index (χ1n) is 12.7. The van der Waals surface area contributed by atoms with E-state index in [1.54, 1.807) is 0 Å². The van der Waals surface area contributed by atoms with E-state index in [0.717, 1.165) is 55.5 Å². The van der Waals surface area contributed by atoms with Crippen LogP contribution < -0.4 is 20.4 Å². The fourth-order valence-electron chi connectivity index (χ4n) is 4.42. The Labute approximate surface area is 214 Å². The number of nitrogens with zero attached hydrogens (tertiary/aromatic N) is 2. The van der Waals surface area contributed by atoms with Crippen molar-refractivity contribution in [2.75, 3.05) is 23.4 Å². The summed E-state index contributed by atoms with van der Waals surface area (Å²) >= 11 is 0. The van der Waals surface area contributed by atoms with Crippen LogP contribution in [0.5, 0.6) is 0 Å². The molecule has 0 aromatic heterocycles. The predicted molar refractivity (Wildman–Crippen MR) is 141 cm³/mol. The molecule has 2 aliphatic rings. The van der Waals surface area contributed by atoms with Crippen molar-refractivity contribution in [3.63, 3.8) is 0 Å². The first kappa shape index (κ1) is 27.1. The Balaban J connectivity index is 1.46. The SMILES string of the molecule is C=C1N(C)c2c(C#CCCCCCCCNC(=O)OC(C)(C)C)cccc2N1C1CCC(=O)NC1=O. The molecule has 1 aromatic carbocycles. The van der Waals surface area contributed by atoms with Crippen molar-refractivity contribution < 1.29 is 19.1 Å². The molecule has 3 amide bonds. The van der Waals surface area contributed by atoms with Gasteiger partial charge < -0.3 is 19.9 Å². The van der Waals surface area contributed by atoms with Crippen molar-refractivity contribution in [1.82, 2.24) is 10.6 Å². The van der Waals surface area contributed by atoms with Crippen molar-refractivity contribution >= 4 is 29.3 Å². The number of benzene rings is 1. The lowest BCUT2D eigenvalue weighted by Gasteiger charge is -2.32. The summed E-state index contributed by atoms with van der Waals surface area (Å²) in [4.78, 5) is 39.6. The second-order valence-corrected chi connectivity index (χ2v) is 10.2. The quantitative estimate of drug-likeness (QED) is 0.316. The van der Waals surface area contributed by atoms with Gasteiger partial charge >= 0.3 is 6.09 Å². The van der Waals surface area contributed by atoms with E-state index in [4.69, 9.17) is 4.74 Å². The van der Waals surface area contributed by atoms with Crippen LogP contribution in [0.3, 0.4) is 0 Å². The molecular formula is C28H38N4O4. The van der Waals surface area contributed by atoms with Gasteiger partial charge in [-0.2, -0.15) is 0 Å².